The molecule has 1 heterocycles. The van der Waals surface area contributed by atoms with Crippen LogP contribution in [0.15, 0.2) is 47.1 Å². The maximum absolute atomic E-state index is 11.8. The van der Waals surface area contributed by atoms with Crippen LogP contribution in [0, 0.1) is 0 Å². The highest BCUT2D eigenvalue weighted by atomic mass is 16.5. The molecule has 6 nitrogen and oxygen atoms in total. The standard InChI is InChI=1S/C15H15NO5/c1-10(14(18)16-9-11-5-4-8-20-11)21-15(19)12-6-2-3-7-13(12)17/h2-8,10,17H,9H2,1H3,(H,16,18)/t10-/m1/s1. The summed E-state index contributed by atoms with van der Waals surface area (Å²) in [6, 6.07) is 9.41. The predicted octanol–water partition coefficient (Wildman–Crippen LogP) is 1.85. The number of furan rings is 1. The minimum Gasteiger partial charge on any atom is -0.507 e. The van der Waals surface area contributed by atoms with Crippen LogP contribution in [0.25, 0.3) is 0 Å². The minimum absolute atomic E-state index is 0.0168. The lowest BCUT2D eigenvalue weighted by molar-refractivity contribution is -0.129. The Labute approximate surface area is 121 Å². The summed E-state index contributed by atoms with van der Waals surface area (Å²) in [4.78, 5) is 23.6. The van der Waals surface area contributed by atoms with Crippen molar-refractivity contribution in [3.8, 4) is 5.75 Å². The van der Waals surface area contributed by atoms with Gasteiger partial charge < -0.3 is 19.6 Å². The van der Waals surface area contributed by atoms with Crippen LogP contribution in [0.4, 0.5) is 0 Å². The molecule has 0 saturated carbocycles. The fourth-order valence-corrected chi connectivity index (χ4v) is 1.65. The second-order valence-electron chi connectivity index (χ2n) is 4.36. The van der Waals surface area contributed by atoms with Gasteiger partial charge in [0.2, 0.25) is 0 Å². The molecular weight excluding hydrogens is 274 g/mol. The minimum atomic E-state index is -0.980. The lowest BCUT2D eigenvalue weighted by Crippen LogP contribution is -2.35. The van der Waals surface area contributed by atoms with Gasteiger partial charge >= 0.3 is 5.97 Å². The molecule has 6 heteroatoms. The summed E-state index contributed by atoms with van der Waals surface area (Å²) < 4.78 is 10.1. The summed E-state index contributed by atoms with van der Waals surface area (Å²) in [5.74, 6) is -0.794. The number of phenolic OH excluding ortho intramolecular Hbond substituents is 1. The fraction of sp³-hybridized carbons (Fsp3) is 0.200. The molecule has 0 radical (unpaired) electrons. The Hall–Kier alpha value is -2.76. The van der Waals surface area contributed by atoms with Gasteiger partial charge in [0.25, 0.3) is 5.91 Å². The first-order chi connectivity index (χ1) is 10.1. The second-order valence-corrected chi connectivity index (χ2v) is 4.36. The molecule has 0 saturated heterocycles. The van der Waals surface area contributed by atoms with Gasteiger partial charge in [0.05, 0.1) is 12.8 Å². The van der Waals surface area contributed by atoms with Gasteiger partial charge in [-0.3, -0.25) is 4.79 Å². The average Bonchev–Trinajstić information content (AvgIpc) is 2.98. The summed E-state index contributed by atoms with van der Waals surface area (Å²) in [6.45, 7) is 1.67. The summed E-state index contributed by atoms with van der Waals surface area (Å²) >= 11 is 0. The van der Waals surface area contributed by atoms with E-state index in [0.717, 1.165) is 0 Å². The molecule has 0 bridgehead atoms. The maximum Gasteiger partial charge on any atom is 0.342 e. The van der Waals surface area contributed by atoms with E-state index in [4.69, 9.17) is 9.15 Å². The molecule has 0 aliphatic carbocycles. The number of rotatable bonds is 5. The maximum atomic E-state index is 11.8. The van der Waals surface area contributed by atoms with Crippen LogP contribution in [-0.2, 0) is 16.1 Å². The Morgan fingerprint density at radius 2 is 2.05 bits per heavy atom. The molecule has 2 aromatic rings. The monoisotopic (exact) mass is 289 g/mol. The third kappa shape index (κ3) is 3.85. The largest absolute Gasteiger partial charge is 0.507 e. The van der Waals surface area contributed by atoms with Gasteiger partial charge in [-0.05, 0) is 31.2 Å². The number of carbonyl (C=O) groups is 2. The van der Waals surface area contributed by atoms with Crippen molar-refractivity contribution < 1.29 is 23.8 Å². The normalized spacial score (nSPS) is 11.7. The van der Waals surface area contributed by atoms with E-state index in [-0.39, 0.29) is 17.9 Å². The first kappa shape index (κ1) is 14.6. The number of aromatic hydroxyl groups is 1. The molecule has 1 amide bonds. The molecule has 1 aromatic carbocycles. The van der Waals surface area contributed by atoms with Crippen LogP contribution in [0.2, 0.25) is 0 Å². The molecule has 0 aliphatic rings. The number of nitrogens with one attached hydrogen (secondary N) is 1. The number of ether oxygens (including phenoxy) is 1. The molecule has 1 atom stereocenters. The van der Waals surface area contributed by atoms with Crippen LogP contribution >= 0.6 is 0 Å². The zero-order valence-electron chi connectivity index (χ0n) is 11.4. The highest BCUT2D eigenvalue weighted by Gasteiger charge is 2.20. The topological polar surface area (TPSA) is 88.8 Å². The van der Waals surface area contributed by atoms with Gasteiger partial charge in [0.1, 0.15) is 17.1 Å². The Morgan fingerprint density at radius 1 is 1.29 bits per heavy atom. The number of hydrogen-bond donors (Lipinski definition) is 2. The van der Waals surface area contributed by atoms with Gasteiger partial charge in [0, 0.05) is 0 Å². The van der Waals surface area contributed by atoms with E-state index in [1.165, 1.54) is 25.3 Å². The van der Waals surface area contributed by atoms with Crippen molar-refractivity contribution in [1.29, 1.82) is 0 Å². The number of esters is 1. The lowest BCUT2D eigenvalue weighted by atomic mass is 10.2. The van der Waals surface area contributed by atoms with Crippen molar-refractivity contribution >= 4 is 11.9 Å². The quantitative estimate of drug-likeness (QED) is 0.820. The van der Waals surface area contributed by atoms with Crippen LogP contribution < -0.4 is 5.32 Å². The number of carbonyl (C=O) groups excluding carboxylic acids is 2. The van der Waals surface area contributed by atoms with Crippen LogP contribution in [-0.4, -0.2) is 23.1 Å². The van der Waals surface area contributed by atoms with Crippen molar-refractivity contribution in [2.45, 2.75) is 19.6 Å². The first-order valence-corrected chi connectivity index (χ1v) is 6.37. The van der Waals surface area contributed by atoms with E-state index in [2.05, 4.69) is 5.32 Å². The van der Waals surface area contributed by atoms with Crippen LogP contribution in [0.1, 0.15) is 23.0 Å². The molecule has 2 N–H and O–H groups in total. The smallest absolute Gasteiger partial charge is 0.342 e. The highest BCUT2D eigenvalue weighted by molar-refractivity contribution is 5.94. The van der Waals surface area contributed by atoms with E-state index >= 15 is 0 Å². The summed E-state index contributed by atoms with van der Waals surface area (Å²) in [6.07, 6.45) is 0.524. The summed E-state index contributed by atoms with van der Waals surface area (Å²) in [5, 5.41) is 12.1. The number of phenols is 1. The molecule has 1 aromatic heterocycles. The molecule has 0 fully saturated rings. The molecule has 0 unspecified atom stereocenters. The third-order valence-corrected chi connectivity index (χ3v) is 2.79. The predicted molar refractivity (Wildman–Crippen MR) is 73.5 cm³/mol. The van der Waals surface area contributed by atoms with Gasteiger partial charge in [-0.2, -0.15) is 0 Å². The van der Waals surface area contributed by atoms with Crippen molar-refractivity contribution in [3.63, 3.8) is 0 Å². The molecular formula is C15H15NO5. The number of amides is 1. The van der Waals surface area contributed by atoms with Gasteiger partial charge in [0.15, 0.2) is 6.10 Å². The number of hydrogen-bond acceptors (Lipinski definition) is 5. The van der Waals surface area contributed by atoms with Crippen molar-refractivity contribution in [1.82, 2.24) is 5.32 Å². The Kier molecular flexibility index (Phi) is 4.61. The highest BCUT2D eigenvalue weighted by Crippen LogP contribution is 2.17. The Bertz CT molecular complexity index is 621. The zero-order valence-corrected chi connectivity index (χ0v) is 11.4. The van der Waals surface area contributed by atoms with E-state index in [0.29, 0.717) is 5.76 Å². The van der Waals surface area contributed by atoms with Gasteiger partial charge in [-0.25, -0.2) is 4.79 Å². The molecule has 0 spiro atoms. The fourth-order valence-electron chi connectivity index (χ4n) is 1.65. The van der Waals surface area contributed by atoms with E-state index in [1.807, 2.05) is 0 Å². The van der Waals surface area contributed by atoms with Crippen molar-refractivity contribution in [3.05, 3.63) is 54.0 Å². The Balaban J connectivity index is 1.88. The SMILES string of the molecule is C[C@@H](OC(=O)c1ccccc1O)C(=O)NCc1ccco1. The second kappa shape index (κ2) is 6.60. The van der Waals surface area contributed by atoms with Crippen LogP contribution in [0.3, 0.4) is 0 Å². The van der Waals surface area contributed by atoms with Crippen molar-refractivity contribution in [2.24, 2.45) is 0 Å². The van der Waals surface area contributed by atoms with E-state index in [9.17, 15) is 14.7 Å². The summed E-state index contributed by atoms with van der Waals surface area (Å²) in [5.41, 5.74) is 0.0168. The molecule has 110 valence electrons. The lowest BCUT2D eigenvalue weighted by Gasteiger charge is -2.13. The van der Waals surface area contributed by atoms with Crippen molar-refractivity contribution in [2.75, 3.05) is 0 Å². The zero-order chi connectivity index (χ0) is 15.2. The Morgan fingerprint density at radius 3 is 2.71 bits per heavy atom. The number of benzene rings is 1. The molecule has 0 aliphatic heterocycles. The van der Waals surface area contributed by atoms with Gasteiger partial charge in [-0.1, -0.05) is 12.1 Å². The summed E-state index contributed by atoms with van der Waals surface area (Å²) in [7, 11) is 0. The first-order valence-electron chi connectivity index (χ1n) is 6.37. The van der Waals surface area contributed by atoms with E-state index < -0.39 is 18.0 Å². The molecule has 2 rings (SSSR count). The van der Waals surface area contributed by atoms with Gasteiger partial charge in [-0.15, -0.1) is 0 Å². The van der Waals surface area contributed by atoms with Crippen LogP contribution in [0.5, 0.6) is 5.75 Å². The van der Waals surface area contributed by atoms with E-state index in [1.54, 1.807) is 24.3 Å². The third-order valence-electron chi connectivity index (χ3n) is 2.79. The molecule has 21 heavy (non-hydrogen) atoms. The number of para-hydroxylation sites is 1. The average molecular weight is 289 g/mol.